The molecule has 0 bridgehead atoms. The van der Waals surface area contributed by atoms with Gasteiger partial charge in [-0.3, -0.25) is 4.98 Å². The first-order valence-electron chi connectivity index (χ1n) is 11.6. The van der Waals surface area contributed by atoms with Crippen LogP contribution in [0.1, 0.15) is 34.7 Å². The Morgan fingerprint density at radius 2 is 1.81 bits per heavy atom. The molecule has 0 aliphatic carbocycles. The summed E-state index contributed by atoms with van der Waals surface area (Å²) >= 11 is 9.55. The zero-order valence-electron chi connectivity index (χ0n) is 20.5. The maximum Gasteiger partial charge on any atom is 0.174 e. The average molecular weight is 564 g/mol. The van der Waals surface area contributed by atoms with E-state index in [0.717, 1.165) is 44.2 Å². The lowest BCUT2D eigenvalue weighted by Crippen LogP contribution is -2.30. The van der Waals surface area contributed by atoms with E-state index >= 15 is 0 Å². The van der Waals surface area contributed by atoms with Gasteiger partial charge in [0.1, 0.15) is 11.5 Å². The molecule has 1 aliphatic heterocycles. The predicted octanol–water partition coefficient (Wildman–Crippen LogP) is 6.45. The number of nitrogens with one attached hydrogen (secondary N) is 1. The quantitative estimate of drug-likeness (QED) is 0.273. The molecular weight excluding hydrogens is 536 g/mol. The molecular formula is C28H27BrN4O2S. The Labute approximate surface area is 225 Å². The van der Waals surface area contributed by atoms with E-state index in [-0.39, 0.29) is 12.1 Å². The molecule has 1 saturated heterocycles. The van der Waals surface area contributed by atoms with Crippen molar-refractivity contribution in [3.63, 3.8) is 0 Å². The number of methoxy groups -OCH3 is 2. The molecule has 0 saturated carbocycles. The van der Waals surface area contributed by atoms with Crippen molar-refractivity contribution in [3.8, 4) is 17.2 Å². The first kappa shape index (κ1) is 24.3. The van der Waals surface area contributed by atoms with E-state index in [4.69, 9.17) is 21.7 Å². The predicted molar refractivity (Wildman–Crippen MR) is 150 cm³/mol. The molecule has 0 amide bonds. The molecule has 3 heterocycles. The Balaban J connectivity index is 1.72. The SMILES string of the molecule is COc1ccc(OC)c(N2C(=S)N[C@H](c3ccccn3)[C@H]2c2cc(C)n(-c3cccc(Br)c3)c2C)c1. The maximum atomic E-state index is 5.93. The highest BCUT2D eigenvalue weighted by Crippen LogP contribution is 2.47. The summed E-state index contributed by atoms with van der Waals surface area (Å²) in [6.45, 7) is 4.28. The van der Waals surface area contributed by atoms with Crippen molar-refractivity contribution in [2.75, 3.05) is 19.1 Å². The molecule has 36 heavy (non-hydrogen) atoms. The zero-order chi connectivity index (χ0) is 25.4. The van der Waals surface area contributed by atoms with Crippen LogP contribution >= 0.6 is 28.1 Å². The van der Waals surface area contributed by atoms with Crippen LogP contribution < -0.4 is 19.7 Å². The number of benzene rings is 2. The van der Waals surface area contributed by atoms with Crippen LogP contribution in [0.15, 0.2) is 77.4 Å². The minimum absolute atomic E-state index is 0.161. The van der Waals surface area contributed by atoms with Crippen LogP contribution in [0.4, 0.5) is 5.69 Å². The molecule has 5 rings (SSSR count). The van der Waals surface area contributed by atoms with Crippen LogP contribution in [0, 0.1) is 13.8 Å². The Morgan fingerprint density at radius 1 is 0.972 bits per heavy atom. The first-order valence-corrected chi connectivity index (χ1v) is 12.8. The van der Waals surface area contributed by atoms with Crippen molar-refractivity contribution in [2.45, 2.75) is 25.9 Å². The van der Waals surface area contributed by atoms with E-state index in [1.807, 2.05) is 54.7 Å². The van der Waals surface area contributed by atoms with E-state index in [1.165, 1.54) is 0 Å². The summed E-state index contributed by atoms with van der Waals surface area (Å²) in [6.07, 6.45) is 1.82. The third-order valence-corrected chi connectivity index (χ3v) is 7.41. The van der Waals surface area contributed by atoms with Crippen LogP contribution in [-0.4, -0.2) is 28.9 Å². The van der Waals surface area contributed by atoms with Crippen LogP contribution in [-0.2, 0) is 0 Å². The lowest BCUT2D eigenvalue weighted by Gasteiger charge is -2.29. The molecule has 4 aromatic rings. The third kappa shape index (κ3) is 4.24. The van der Waals surface area contributed by atoms with E-state index in [2.05, 4.69) is 67.7 Å². The van der Waals surface area contributed by atoms with Gasteiger partial charge in [-0.15, -0.1) is 0 Å². The fraction of sp³-hybridized carbons (Fsp3) is 0.214. The van der Waals surface area contributed by atoms with Gasteiger partial charge in [-0.1, -0.05) is 28.1 Å². The van der Waals surface area contributed by atoms with Gasteiger partial charge < -0.3 is 24.3 Å². The Kier molecular flexibility index (Phi) is 6.73. The topological polar surface area (TPSA) is 51.6 Å². The number of rotatable bonds is 6. The summed E-state index contributed by atoms with van der Waals surface area (Å²) in [5, 5.41) is 4.15. The van der Waals surface area contributed by atoms with Crippen LogP contribution in [0.5, 0.6) is 11.5 Å². The molecule has 1 fully saturated rings. The summed E-state index contributed by atoms with van der Waals surface area (Å²) in [4.78, 5) is 6.81. The summed E-state index contributed by atoms with van der Waals surface area (Å²) < 4.78 is 14.6. The van der Waals surface area contributed by atoms with Crippen LogP contribution in [0.2, 0.25) is 0 Å². The minimum Gasteiger partial charge on any atom is -0.497 e. The highest BCUT2D eigenvalue weighted by Gasteiger charge is 2.43. The van der Waals surface area contributed by atoms with Crippen LogP contribution in [0.25, 0.3) is 5.69 Å². The number of hydrogen-bond donors (Lipinski definition) is 1. The van der Waals surface area contributed by atoms with Gasteiger partial charge in [0, 0.05) is 33.8 Å². The van der Waals surface area contributed by atoms with Crippen molar-refractivity contribution < 1.29 is 9.47 Å². The lowest BCUT2D eigenvalue weighted by atomic mass is 9.96. The zero-order valence-corrected chi connectivity index (χ0v) is 22.9. The summed E-state index contributed by atoms with van der Waals surface area (Å²) in [6, 6.07) is 22.0. The van der Waals surface area contributed by atoms with Crippen molar-refractivity contribution in [2.24, 2.45) is 0 Å². The van der Waals surface area contributed by atoms with Crippen LogP contribution in [0.3, 0.4) is 0 Å². The highest BCUT2D eigenvalue weighted by atomic mass is 79.9. The summed E-state index contributed by atoms with van der Waals surface area (Å²) in [7, 11) is 3.33. The number of anilines is 1. The molecule has 1 aliphatic rings. The van der Waals surface area contributed by atoms with E-state index < -0.39 is 0 Å². The van der Waals surface area contributed by atoms with Crippen molar-refractivity contribution in [1.82, 2.24) is 14.9 Å². The van der Waals surface area contributed by atoms with E-state index in [0.29, 0.717) is 10.9 Å². The van der Waals surface area contributed by atoms with Gasteiger partial charge in [-0.05, 0) is 80.2 Å². The Bertz CT molecular complexity index is 1420. The number of hydrogen-bond acceptors (Lipinski definition) is 4. The third-order valence-electron chi connectivity index (χ3n) is 6.60. The fourth-order valence-electron chi connectivity index (χ4n) is 5.02. The van der Waals surface area contributed by atoms with Crippen molar-refractivity contribution in [3.05, 3.63) is 100 Å². The number of halogens is 1. The number of nitrogens with zero attached hydrogens (tertiary/aromatic N) is 3. The standard InChI is InChI=1S/C28H27BrN4O2S/c1-17-14-22(18(2)32(17)20-9-7-8-19(29)15-20)27-26(23-10-5-6-13-30-23)31-28(36)33(27)24-16-21(34-3)11-12-25(24)35-4/h5-16,26-27H,1-4H3,(H,31,36)/t26-,27-/m1/s1. The highest BCUT2D eigenvalue weighted by molar-refractivity contribution is 9.10. The van der Waals surface area contributed by atoms with Gasteiger partial charge in [0.05, 0.1) is 37.7 Å². The smallest absolute Gasteiger partial charge is 0.174 e. The molecule has 184 valence electrons. The van der Waals surface area contributed by atoms with Gasteiger partial charge >= 0.3 is 0 Å². The van der Waals surface area contributed by atoms with Gasteiger partial charge in [-0.2, -0.15) is 0 Å². The maximum absolute atomic E-state index is 5.93. The van der Waals surface area contributed by atoms with Gasteiger partial charge in [0.2, 0.25) is 0 Å². The van der Waals surface area contributed by atoms with Crippen molar-refractivity contribution >= 4 is 38.9 Å². The Hall–Kier alpha value is -3.36. The van der Waals surface area contributed by atoms with Gasteiger partial charge in [0.15, 0.2) is 5.11 Å². The molecule has 0 radical (unpaired) electrons. The fourth-order valence-corrected chi connectivity index (χ4v) is 5.74. The minimum atomic E-state index is -0.166. The summed E-state index contributed by atoms with van der Waals surface area (Å²) in [5.74, 6) is 1.45. The number of aryl methyl sites for hydroxylation is 1. The number of pyridine rings is 1. The second-order valence-electron chi connectivity index (χ2n) is 8.68. The van der Waals surface area contributed by atoms with Gasteiger partial charge in [-0.25, -0.2) is 0 Å². The van der Waals surface area contributed by atoms with E-state index in [1.54, 1.807) is 14.2 Å². The second-order valence-corrected chi connectivity index (χ2v) is 9.98. The Morgan fingerprint density at radius 3 is 2.50 bits per heavy atom. The normalized spacial score (nSPS) is 17.2. The van der Waals surface area contributed by atoms with Crippen molar-refractivity contribution in [1.29, 1.82) is 0 Å². The molecule has 8 heteroatoms. The lowest BCUT2D eigenvalue weighted by molar-refractivity contribution is 0.403. The first-order chi connectivity index (χ1) is 17.4. The number of thiocarbonyl (C=S) groups is 1. The largest absolute Gasteiger partial charge is 0.497 e. The number of ether oxygens (including phenoxy) is 2. The van der Waals surface area contributed by atoms with E-state index in [9.17, 15) is 0 Å². The molecule has 0 unspecified atom stereocenters. The number of aromatic nitrogens is 2. The molecule has 2 atom stereocenters. The monoisotopic (exact) mass is 562 g/mol. The molecule has 2 aromatic heterocycles. The molecule has 1 N–H and O–H groups in total. The molecule has 2 aromatic carbocycles. The molecule has 6 nitrogen and oxygen atoms in total. The van der Waals surface area contributed by atoms with Gasteiger partial charge in [0.25, 0.3) is 0 Å². The second kappa shape index (κ2) is 9.95. The summed E-state index contributed by atoms with van der Waals surface area (Å²) in [5.41, 5.74) is 6.27. The average Bonchev–Trinajstić information content (AvgIpc) is 3.38. The molecule has 0 spiro atoms.